The number of hydrogen-bond donors (Lipinski definition) is 0. The van der Waals surface area contributed by atoms with Gasteiger partial charge in [0, 0.05) is 11.2 Å². The highest BCUT2D eigenvalue weighted by Gasteiger charge is 2.31. The topological polar surface area (TPSA) is 34.1 Å². The van der Waals surface area contributed by atoms with Gasteiger partial charge < -0.3 is 0 Å². The lowest BCUT2D eigenvalue weighted by atomic mass is 10.0. The van der Waals surface area contributed by atoms with Gasteiger partial charge >= 0.3 is 0 Å². The molecule has 1 aliphatic carbocycles. The van der Waals surface area contributed by atoms with Gasteiger partial charge in [0.05, 0.1) is 11.0 Å². The van der Waals surface area contributed by atoms with Gasteiger partial charge in [-0.05, 0) is 18.4 Å². The fourth-order valence-electron chi connectivity index (χ4n) is 2.62. The molecule has 2 nitrogen and oxygen atoms in total. The van der Waals surface area contributed by atoms with E-state index in [-0.39, 0.29) is 16.9 Å². The van der Waals surface area contributed by atoms with Crippen LogP contribution in [0.5, 0.6) is 0 Å². The molecule has 0 saturated heterocycles. The fraction of sp³-hybridized carbons (Fsp3) is 0.571. The number of sulfone groups is 1. The minimum absolute atomic E-state index is 0.0665. The van der Waals surface area contributed by atoms with E-state index in [1.165, 1.54) is 0 Å². The van der Waals surface area contributed by atoms with Gasteiger partial charge in [-0.25, -0.2) is 8.42 Å². The Morgan fingerprint density at radius 2 is 1.78 bits per heavy atom. The standard InChI is InChI=1S/C14H19BrO2S/c15-10-13(12-6-2-1-3-7-12)11-18(16,17)14-8-4-5-9-14/h1-3,6-7,13-14H,4-5,8-11H2. The second kappa shape index (κ2) is 6.20. The molecule has 100 valence electrons. The van der Waals surface area contributed by atoms with Crippen LogP contribution in [-0.2, 0) is 9.84 Å². The summed E-state index contributed by atoms with van der Waals surface area (Å²) in [6.07, 6.45) is 3.83. The van der Waals surface area contributed by atoms with Crippen LogP contribution in [-0.4, -0.2) is 24.8 Å². The molecule has 1 aromatic carbocycles. The van der Waals surface area contributed by atoms with Crippen LogP contribution < -0.4 is 0 Å². The van der Waals surface area contributed by atoms with Gasteiger partial charge in [-0.15, -0.1) is 0 Å². The van der Waals surface area contributed by atoms with Gasteiger partial charge in [0.25, 0.3) is 0 Å². The summed E-state index contributed by atoms with van der Waals surface area (Å²) in [5, 5.41) is 0.603. The Bertz CT molecular complexity index is 464. The second-order valence-electron chi connectivity index (χ2n) is 5.00. The third-order valence-electron chi connectivity index (χ3n) is 3.70. The minimum Gasteiger partial charge on any atom is -0.229 e. The number of benzene rings is 1. The van der Waals surface area contributed by atoms with Gasteiger partial charge in [0.1, 0.15) is 0 Å². The van der Waals surface area contributed by atoms with Gasteiger partial charge in [-0.3, -0.25) is 0 Å². The Morgan fingerprint density at radius 1 is 1.17 bits per heavy atom. The van der Waals surface area contributed by atoms with Crippen LogP contribution in [0.4, 0.5) is 0 Å². The van der Waals surface area contributed by atoms with Crippen molar-refractivity contribution in [3.05, 3.63) is 35.9 Å². The Balaban J connectivity index is 2.11. The number of hydrogen-bond acceptors (Lipinski definition) is 2. The summed E-state index contributed by atoms with van der Waals surface area (Å²) < 4.78 is 24.7. The molecule has 1 atom stereocenters. The van der Waals surface area contributed by atoms with E-state index in [0.29, 0.717) is 5.33 Å². The number of rotatable bonds is 5. The summed E-state index contributed by atoms with van der Waals surface area (Å²) in [7, 11) is -2.95. The van der Waals surface area contributed by atoms with Gasteiger partial charge in [-0.1, -0.05) is 59.1 Å². The summed E-state index contributed by atoms with van der Waals surface area (Å²) in [5.74, 6) is 0.337. The lowest BCUT2D eigenvalue weighted by molar-refractivity contribution is 0.574. The quantitative estimate of drug-likeness (QED) is 0.774. The van der Waals surface area contributed by atoms with Crippen molar-refractivity contribution in [2.24, 2.45) is 0 Å². The maximum Gasteiger partial charge on any atom is 0.153 e. The zero-order valence-corrected chi connectivity index (χ0v) is 12.8. The molecule has 0 radical (unpaired) electrons. The summed E-state index contributed by atoms with van der Waals surface area (Å²) in [6, 6.07) is 9.91. The highest BCUT2D eigenvalue weighted by molar-refractivity contribution is 9.09. The molecule has 1 saturated carbocycles. The molecular weight excluding hydrogens is 312 g/mol. The zero-order valence-electron chi connectivity index (χ0n) is 10.4. The average Bonchev–Trinajstić information content (AvgIpc) is 2.92. The van der Waals surface area contributed by atoms with E-state index in [1.807, 2.05) is 30.3 Å². The van der Waals surface area contributed by atoms with E-state index in [4.69, 9.17) is 0 Å². The van der Waals surface area contributed by atoms with E-state index in [2.05, 4.69) is 15.9 Å². The van der Waals surface area contributed by atoms with Crippen LogP contribution in [0.1, 0.15) is 37.2 Å². The van der Waals surface area contributed by atoms with Crippen molar-refractivity contribution < 1.29 is 8.42 Å². The predicted octanol–water partition coefficient (Wildman–Crippen LogP) is 3.52. The summed E-state index contributed by atoms with van der Waals surface area (Å²) in [6.45, 7) is 0. The van der Waals surface area contributed by atoms with E-state index in [1.54, 1.807) is 0 Å². The minimum atomic E-state index is -2.95. The molecular formula is C14H19BrO2S. The second-order valence-corrected chi connectivity index (χ2v) is 7.97. The van der Waals surface area contributed by atoms with Crippen LogP contribution in [0.15, 0.2) is 30.3 Å². The van der Waals surface area contributed by atoms with E-state index >= 15 is 0 Å². The molecule has 4 heteroatoms. The molecule has 0 N–H and O–H groups in total. The largest absolute Gasteiger partial charge is 0.229 e. The third-order valence-corrected chi connectivity index (χ3v) is 6.84. The summed E-state index contributed by atoms with van der Waals surface area (Å²) >= 11 is 3.45. The molecule has 1 aliphatic rings. The molecule has 0 aromatic heterocycles. The van der Waals surface area contributed by atoms with E-state index < -0.39 is 9.84 Å². The lowest BCUT2D eigenvalue weighted by Crippen LogP contribution is -2.25. The predicted molar refractivity (Wildman–Crippen MR) is 79.0 cm³/mol. The molecule has 1 unspecified atom stereocenters. The first kappa shape index (κ1) is 14.1. The van der Waals surface area contributed by atoms with Gasteiger partial charge in [-0.2, -0.15) is 0 Å². The normalized spacial score (nSPS) is 18.9. The average molecular weight is 331 g/mol. The Kier molecular flexibility index (Phi) is 4.84. The fourth-order valence-corrected chi connectivity index (χ4v) is 5.72. The first-order chi connectivity index (χ1) is 8.63. The van der Waals surface area contributed by atoms with Crippen molar-refractivity contribution >= 4 is 25.8 Å². The molecule has 0 amide bonds. The Morgan fingerprint density at radius 3 is 2.33 bits per heavy atom. The maximum absolute atomic E-state index is 12.4. The highest BCUT2D eigenvalue weighted by Crippen LogP contribution is 2.29. The van der Waals surface area contributed by atoms with Gasteiger partial charge in [0.15, 0.2) is 9.84 Å². The van der Waals surface area contributed by atoms with Crippen LogP contribution >= 0.6 is 15.9 Å². The van der Waals surface area contributed by atoms with E-state index in [9.17, 15) is 8.42 Å². The highest BCUT2D eigenvalue weighted by atomic mass is 79.9. The maximum atomic E-state index is 12.4. The lowest BCUT2D eigenvalue weighted by Gasteiger charge is -2.18. The Labute approximate surface area is 118 Å². The van der Waals surface area contributed by atoms with Crippen LogP contribution in [0, 0.1) is 0 Å². The van der Waals surface area contributed by atoms with Crippen molar-refractivity contribution in [1.29, 1.82) is 0 Å². The number of alkyl halides is 1. The van der Waals surface area contributed by atoms with Crippen molar-refractivity contribution in [2.45, 2.75) is 36.9 Å². The number of halogens is 1. The SMILES string of the molecule is O=S(=O)(CC(CBr)c1ccccc1)C1CCCC1. The van der Waals surface area contributed by atoms with Crippen molar-refractivity contribution in [3.63, 3.8) is 0 Å². The van der Waals surface area contributed by atoms with Crippen LogP contribution in [0.3, 0.4) is 0 Å². The van der Waals surface area contributed by atoms with Crippen molar-refractivity contribution in [1.82, 2.24) is 0 Å². The molecule has 1 aromatic rings. The van der Waals surface area contributed by atoms with Crippen molar-refractivity contribution in [2.75, 3.05) is 11.1 Å². The van der Waals surface area contributed by atoms with Crippen LogP contribution in [0.25, 0.3) is 0 Å². The molecule has 0 aliphatic heterocycles. The van der Waals surface area contributed by atoms with E-state index in [0.717, 1.165) is 31.2 Å². The van der Waals surface area contributed by atoms with Crippen LogP contribution in [0.2, 0.25) is 0 Å². The molecule has 2 rings (SSSR count). The third kappa shape index (κ3) is 3.35. The zero-order chi connectivity index (χ0) is 13.0. The summed E-state index contributed by atoms with van der Waals surface area (Å²) in [5.41, 5.74) is 1.11. The molecule has 0 heterocycles. The summed E-state index contributed by atoms with van der Waals surface area (Å²) in [4.78, 5) is 0. The smallest absolute Gasteiger partial charge is 0.153 e. The molecule has 0 bridgehead atoms. The monoisotopic (exact) mass is 330 g/mol. The molecule has 18 heavy (non-hydrogen) atoms. The first-order valence-electron chi connectivity index (χ1n) is 6.46. The van der Waals surface area contributed by atoms with Gasteiger partial charge in [0.2, 0.25) is 0 Å². The Hall–Kier alpha value is -0.350. The molecule has 0 spiro atoms. The van der Waals surface area contributed by atoms with Crippen molar-refractivity contribution in [3.8, 4) is 0 Å². The first-order valence-corrected chi connectivity index (χ1v) is 9.29. The molecule has 1 fully saturated rings.